The first-order valence-corrected chi connectivity index (χ1v) is 8.94. The summed E-state index contributed by atoms with van der Waals surface area (Å²) >= 11 is 0. The number of amides is 2. The fourth-order valence-electron chi connectivity index (χ4n) is 2.96. The van der Waals surface area contributed by atoms with Crippen LogP contribution < -0.4 is 16.0 Å². The van der Waals surface area contributed by atoms with Crippen molar-refractivity contribution in [2.24, 2.45) is 0 Å². The monoisotopic (exact) mass is 363 g/mol. The summed E-state index contributed by atoms with van der Waals surface area (Å²) in [6, 6.07) is 12.2. The molecule has 1 saturated heterocycles. The van der Waals surface area contributed by atoms with Crippen LogP contribution in [0.5, 0.6) is 0 Å². The zero-order valence-electron chi connectivity index (χ0n) is 14.9. The maximum Gasteiger partial charge on any atom is 0.251 e. The number of rotatable bonds is 5. The molecule has 2 amide bonds. The van der Waals surface area contributed by atoms with Crippen LogP contribution in [-0.4, -0.2) is 29.4 Å². The average molecular weight is 363 g/mol. The molecule has 0 bridgehead atoms. The molecule has 1 atom stereocenters. The number of hydrogen-bond acceptors (Lipinski definition) is 5. The number of anilines is 1. The van der Waals surface area contributed by atoms with Gasteiger partial charge < -0.3 is 16.0 Å². The summed E-state index contributed by atoms with van der Waals surface area (Å²) in [7, 11) is 0. The number of carbonyl (C=O) groups excluding carboxylic acids is 2. The van der Waals surface area contributed by atoms with Gasteiger partial charge in [-0.3, -0.25) is 9.59 Å². The third kappa shape index (κ3) is 4.82. The highest BCUT2D eigenvalue weighted by Gasteiger charge is 2.22. The number of nitrogens with one attached hydrogen (secondary N) is 3. The second-order valence-electron chi connectivity index (χ2n) is 6.38. The molecule has 27 heavy (non-hydrogen) atoms. The normalized spacial score (nSPS) is 16.6. The summed E-state index contributed by atoms with van der Waals surface area (Å²) in [5.41, 5.74) is 1.83. The van der Waals surface area contributed by atoms with Crippen LogP contribution in [0.25, 0.3) is 0 Å². The summed E-state index contributed by atoms with van der Waals surface area (Å²) in [5.74, 6) is 0.109. The standard InChI is InChI=1S/C20H21N5O2/c21-12-16-7-4-10-22-18(16)24-13-14-5-3-6-15(11-14)19(26)25-17-8-1-2-9-23-20(17)27/h3-7,10-11,17H,1-2,8-9,13H2,(H,22,24)(H,23,27)(H,25,26)/t17-/m0/s1. The lowest BCUT2D eigenvalue weighted by Gasteiger charge is -2.15. The highest BCUT2D eigenvalue weighted by atomic mass is 16.2. The fourth-order valence-corrected chi connectivity index (χ4v) is 2.96. The van der Waals surface area contributed by atoms with Gasteiger partial charge in [-0.25, -0.2) is 4.98 Å². The van der Waals surface area contributed by atoms with Crippen LogP contribution in [0.3, 0.4) is 0 Å². The Morgan fingerprint density at radius 1 is 1.30 bits per heavy atom. The Morgan fingerprint density at radius 2 is 2.19 bits per heavy atom. The second kappa shape index (κ2) is 8.81. The van der Waals surface area contributed by atoms with Gasteiger partial charge in [-0.05, 0) is 49.1 Å². The van der Waals surface area contributed by atoms with Gasteiger partial charge in [-0.15, -0.1) is 0 Å². The molecule has 0 spiro atoms. The SMILES string of the molecule is N#Cc1cccnc1NCc1cccc(C(=O)N[C@H]2CCCCNC2=O)c1. The van der Waals surface area contributed by atoms with E-state index in [-0.39, 0.29) is 11.8 Å². The molecule has 0 aliphatic carbocycles. The van der Waals surface area contributed by atoms with Crippen LogP contribution in [0.4, 0.5) is 5.82 Å². The molecule has 138 valence electrons. The molecule has 2 heterocycles. The van der Waals surface area contributed by atoms with Crippen molar-refractivity contribution in [1.82, 2.24) is 15.6 Å². The minimum atomic E-state index is -0.492. The van der Waals surface area contributed by atoms with Gasteiger partial charge in [-0.1, -0.05) is 12.1 Å². The Kier molecular flexibility index (Phi) is 6.00. The third-order valence-electron chi connectivity index (χ3n) is 4.42. The van der Waals surface area contributed by atoms with Crippen LogP contribution in [0.15, 0.2) is 42.6 Å². The van der Waals surface area contributed by atoms with Gasteiger partial charge in [0.15, 0.2) is 0 Å². The molecule has 1 aromatic heterocycles. The van der Waals surface area contributed by atoms with Crippen molar-refractivity contribution in [3.05, 3.63) is 59.3 Å². The number of hydrogen-bond donors (Lipinski definition) is 3. The first-order chi connectivity index (χ1) is 13.2. The molecular weight excluding hydrogens is 342 g/mol. The quantitative estimate of drug-likeness (QED) is 0.753. The van der Waals surface area contributed by atoms with E-state index in [1.165, 1.54) is 0 Å². The molecule has 0 unspecified atom stereocenters. The molecule has 1 aliphatic rings. The van der Waals surface area contributed by atoms with Crippen molar-refractivity contribution in [3.8, 4) is 6.07 Å². The Balaban J connectivity index is 1.65. The largest absolute Gasteiger partial charge is 0.365 e. The van der Waals surface area contributed by atoms with E-state index in [1.807, 2.05) is 6.07 Å². The predicted molar refractivity (Wildman–Crippen MR) is 101 cm³/mol. The topological polar surface area (TPSA) is 107 Å². The van der Waals surface area contributed by atoms with Crippen molar-refractivity contribution in [2.75, 3.05) is 11.9 Å². The molecule has 0 saturated carbocycles. The zero-order chi connectivity index (χ0) is 19.1. The number of benzene rings is 1. The minimum absolute atomic E-state index is 0.127. The summed E-state index contributed by atoms with van der Waals surface area (Å²) < 4.78 is 0. The summed E-state index contributed by atoms with van der Waals surface area (Å²) in [6.07, 6.45) is 4.09. The molecule has 7 nitrogen and oxygen atoms in total. The van der Waals surface area contributed by atoms with E-state index in [0.717, 1.165) is 18.4 Å². The van der Waals surface area contributed by atoms with Crippen molar-refractivity contribution < 1.29 is 9.59 Å². The number of carbonyl (C=O) groups is 2. The molecule has 7 heteroatoms. The lowest BCUT2D eigenvalue weighted by molar-refractivity contribution is -0.122. The first kappa shape index (κ1) is 18.4. The van der Waals surface area contributed by atoms with Crippen LogP contribution in [0.2, 0.25) is 0 Å². The lowest BCUT2D eigenvalue weighted by Crippen LogP contribution is -2.45. The van der Waals surface area contributed by atoms with E-state index in [2.05, 4.69) is 27.0 Å². The predicted octanol–water partition coefficient (Wildman–Crippen LogP) is 1.96. The maximum absolute atomic E-state index is 12.5. The molecule has 0 radical (unpaired) electrons. The van der Waals surface area contributed by atoms with Gasteiger partial charge in [0.25, 0.3) is 5.91 Å². The summed E-state index contributed by atoms with van der Waals surface area (Å²) in [5, 5.41) is 17.9. The van der Waals surface area contributed by atoms with Gasteiger partial charge in [0.2, 0.25) is 5.91 Å². The van der Waals surface area contributed by atoms with Crippen molar-refractivity contribution in [2.45, 2.75) is 31.8 Å². The van der Waals surface area contributed by atoms with Crippen molar-refractivity contribution in [3.63, 3.8) is 0 Å². The molecule has 3 N–H and O–H groups in total. The van der Waals surface area contributed by atoms with E-state index < -0.39 is 6.04 Å². The summed E-state index contributed by atoms with van der Waals surface area (Å²) in [4.78, 5) is 28.7. The number of nitriles is 1. The van der Waals surface area contributed by atoms with Gasteiger partial charge in [0, 0.05) is 24.8 Å². The minimum Gasteiger partial charge on any atom is -0.365 e. The average Bonchev–Trinajstić information content (AvgIpc) is 2.91. The maximum atomic E-state index is 12.5. The van der Waals surface area contributed by atoms with Gasteiger partial charge >= 0.3 is 0 Å². The van der Waals surface area contributed by atoms with Gasteiger partial charge in [0.05, 0.1) is 5.56 Å². The number of nitrogens with zero attached hydrogens (tertiary/aromatic N) is 2. The number of pyridine rings is 1. The summed E-state index contributed by atoms with van der Waals surface area (Å²) in [6.45, 7) is 1.08. The highest BCUT2D eigenvalue weighted by molar-refractivity contribution is 5.97. The van der Waals surface area contributed by atoms with E-state index in [0.29, 0.717) is 36.5 Å². The third-order valence-corrected chi connectivity index (χ3v) is 4.42. The Hall–Kier alpha value is -3.40. The van der Waals surface area contributed by atoms with Crippen molar-refractivity contribution >= 4 is 17.6 Å². The lowest BCUT2D eigenvalue weighted by atomic mass is 10.1. The Morgan fingerprint density at radius 3 is 3.04 bits per heavy atom. The first-order valence-electron chi connectivity index (χ1n) is 8.94. The zero-order valence-corrected chi connectivity index (χ0v) is 14.9. The molecule has 1 fully saturated rings. The highest BCUT2D eigenvalue weighted by Crippen LogP contribution is 2.13. The van der Waals surface area contributed by atoms with E-state index in [4.69, 9.17) is 5.26 Å². The smallest absolute Gasteiger partial charge is 0.251 e. The van der Waals surface area contributed by atoms with E-state index >= 15 is 0 Å². The Bertz CT molecular complexity index is 875. The molecule has 1 aliphatic heterocycles. The van der Waals surface area contributed by atoms with E-state index in [9.17, 15) is 9.59 Å². The van der Waals surface area contributed by atoms with Crippen LogP contribution in [0.1, 0.15) is 40.7 Å². The molecule has 2 aromatic rings. The van der Waals surface area contributed by atoms with Gasteiger partial charge in [-0.2, -0.15) is 5.26 Å². The van der Waals surface area contributed by atoms with Crippen LogP contribution in [-0.2, 0) is 11.3 Å². The number of aromatic nitrogens is 1. The Labute approximate surface area is 157 Å². The molecule has 3 rings (SSSR count). The molecular formula is C20H21N5O2. The van der Waals surface area contributed by atoms with Crippen LogP contribution >= 0.6 is 0 Å². The van der Waals surface area contributed by atoms with Crippen LogP contribution in [0, 0.1) is 11.3 Å². The second-order valence-corrected chi connectivity index (χ2v) is 6.38. The van der Waals surface area contributed by atoms with Gasteiger partial charge in [0.1, 0.15) is 17.9 Å². The molecule has 1 aromatic carbocycles. The fraction of sp³-hybridized carbons (Fsp3) is 0.300. The van der Waals surface area contributed by atoms with E-state index in [1.54, 1.807) is 36.5 Å². The van der Waals surface area contributed by atoms with Crippen molar-refractivity contribution in [1.29, 1.82) is 5.26 Å².